The summed E-state index contributed by atoms with van der Waals surface area (Å²) >= 11 is 0. The SMILES string of the molecule is Cc1ccc(-c2ccc(N3CCCN(C(=O)CN(C(=O)c4ccccc4C)C(C)C)CC3)nn2)cc1. The maximum atomic E-state index is 13.2. The highest BCUT2D eigenvalue weighted by atomic mass is 16.2. The van der Waals surface area contributed by atoms with Gasteiger partial charge in [0.15, 0.2) is 5.82 Å². The number of amides is 2. The number of aryl methyl sites for hydroxylation is 2. The zero-order valence-electron chi connectivity index (χ0n) is 21.6. The lowest BCUT2D eigenvalue weighted by molar-refractivity contribution is -0.132. The van der Waals surface area contributed by atoms with Gasteiger partial charge in [0, 0.05) is 43.3 Å². The molecule has 0 spiro atoms. The summed E-state index contributed by atoms with van der Waals surface area (Å²) in [6.07, 6.45) is 0.834. The molecule has 7 heteroatoms. The van der Waals surface area contributed by atoms with E-state index in [1.165, 1.54) is 5.56 Å². The third-order valence-corrected chi connectivity index (χ3v) is 6.74. The van der Waals surface area contributed by atoms with Gasteiger partial charge in [-0.1, -0.05) is 48.0 Å². The maximum Gasteiger partial charge on any atom is 0.254 e. The number of aromatic nitrogens is 2. The predicted molar refractivity (Wildman–Crippen MR) is 143 cm³/mol. The van der Waals surface area contributed by atoms with Crippen LogP contribution in [0.1, 0.15) is 41.8 Å². The summed E-state index contributed by atoms with van der Waals surface area (Å²) in [6.45, 7) is 10.7. The van der Waals surface area contributed by atoms with Crippen molar-refractivity contribution in [2.45, 2.75) is 40.2 Å². The molecule has 2 heterocycles. The Bertz CT molecular complexity index is 1190. The van der Waals surface area contributed by atoms with Crippen molar-refractivity contribution in [2.75, 3.05) is 37.6 Å². The van der Waals surface area contributed by atoms with Gasteiger partial charge in [0.1, 0.15) is 6.54 Å². The minimum atomic E-state index is -0.100. The van der Waals surface area contributed by atoms with Crippen molar-refractivity contribution >= 4 is 17.6 Å². The van der Waals surface area contributed by atoms with Crippen molar-refractivity contribution in [1.82, 2.24) is 20.0 Å². The van der Waals surface area contributed by atoms with Crippen LogP contribution in [0, 0.1) is 13.8 Å². The standard InChI is InChI=1S/C29H35N5O2/c1-21(2)34(29(36)25-9-6-5-8-23(25)4)20-28(35)33-17-7-16-32(18-19-33)27-15-14-26(30-31-27)24-12-10-22(3)11-13-24/h5-6,8-15,21H,7,16-20H2,1-4H3. The fourth-order valence-electron chi connectivity index (χ4n) is 4.47. The molecule has 0 N–H and O–H groups in total. The number of hydrogen-bond acceptors (Lipinski definition) is 5. The second-order valence-electron chi connectivity index (χ2n) is 9.71. The summed E-state index contributed by atoms with van der Waals surface area (Å²) in [7, 11) is 0. The third kappa shape index (κ3) is 5.90. The average molecular weight is 486 g/mol. The van der Waals surface area contributed by atoms with Crippen LogP contribution in [-0.2, 0) is 4.79 Å². The minimum absolute atomic E-state index is 0.0201. The molecule has 1 fully saturated rings. The Morgan fingerprint density at radius 3 is 2.31 bits per heavy atom. The number of rotatable bonds is 6. The topological polar surface area (TPSA) is 69.6 Å². The normalized spacial score (nSPS) is 14.0. The van der Waals surface area contributed by atoms with Crippen molar-refractivity contribution in [3.63, 3.8) is 0 Å². The molecule has 3 aromatic rings. The van der Waals surface area contributed by atoms with Gasteiger partial charge in [-0.05, 0) is 57.9 Å². The monoisotopic (exact) mass is 485 g/mol. The van der Waals surface area contributed by atoms with Gasteiger partial charge in [0.25, 0.3) is 5.91 Å². The van der Waals surface area contributed by atoms with E-state index < -0.39 is 0 Å². The number of nitrogens with zero attached hydrogens (tertiary/aromatic N) is 5. The Morgan fingerprint density at radius 1 is 0.889 bits per heavy atom. The van der Waals surface area contributed by atoms with Crippen LogP contribution >= 0.6 is 0 Å². The lowest BCUT2D eigenvalue weighted by atomic mass is 10.1. The first-order chi connectivity index (χ1) is 17.3. The van der Waals surface area contributed by atoms with Crippen molar-refractivity contribution in [1.29, 1.82) is 0 Å². The molecule has 2 amide bonds. The van der Waals surface area contributed by atoms with Gasteiger partial charge in [0.05, 0.1) is 5.69 Å². The van der Waals surface area contributed by atoms with E-state index in [0.717, 1.165) is 35.6 Å². The van der Waals surface area contributed by atoms with E-state index in [1.807, 2.05) is 62.1 Å². The zero-order chi connectivity index (χ0) is 25.7. The van der Waals surface area contributed by atoms with Crippen LogP contribution < -0.4 is 4.90 Å². The molecule has 0 aliphatic carbocycles. The Labute approximate surface area is 213 Å². The van der Waals surface area contributed by atoms with Crippen LogP contribution in [0.2, 0.25) is 0 Å². The maximum absolute atomic E-state index is 13.2. The van der Waals surface area contributed by atoms with Crippen molar-refractivity contribution in [2.24, 2.45) is 0 Å². The van der Waals surface area contributed by atoms with Gasteiger partial charge >= 0.3 is 0 Å². The van der Waals surface area contributed by atoms with Crippen LogP contribution in [0.3, 0.4) is 0 Å². The van der Waals surface area contributed by atoms with Gasteiger partial charge in [-0.2, -0.15) is 0 Å². The van der Waals surface area contributed by atoms with Crippen molar-refractivity contribution < 1.29 is 9.59 Å². The fourth-order valence-corrected chi connectivity index (χ4v) is 4.47. The van der Waals surface area contributed by atoms with Gasteiger partial charge < -0.3 is 14.7 Å². The Hall–Kier alpha value is -3.74. The lowest BCUT2D eigenvalue weighted by Gasteiger charge is -2.30. The van der Waals surface area contributed by atoms with E-state index in [4.69, 9.17) is 0 Å². The molecule has 4 rings (SSSR count). The molecule has 7 nitrogen and oxygen atoms in total. The Morgan fingerprint density at radius 2 is 1.64 bits per heavy atom. The van der Waals surface area contributed by atoms with Crippen molar-refractivity contribution in [3.05, 3.63) is 77.4 Å². The first-order valence-electron chi connectivity index (χ1n) is 12.6. The molecule has 1 aromatic heterocycles. The third-order valence-electron chi connectivity index (χ3n) is 6.74. The Balaban J connectivity index is 1.38. The molecular formula is C29H35N5O2. The van der Waals surface area contributed by atoms with E-state index in [0.29, 0.717) is 25.2 Å². The fraction of sp³-hybridized carbons (Fsp3) is 0.379. The summed E-state index contributed by atoms with van der Waals surface area (Å²) < 4.78 is 0. The van der Waals surface area contributed by atoms with E-state index in [-0.39, 0.29) is 24.4 Å². The summed E-state index contributed by atoms with van der Waals surface area (Å²) in [4.78, 5) is 32.2. The quantitative estimate of drug-likeness (QED) is 0.519. The van der Waals surface area contributed by atoms with E-state index in [9.17, 15) is 9.59 Å². The van der Waals surface area contributed by atoms with Crippen LogP contribution in [0.15, 0.2) is 60.7 Å². The first-order valence-corrected chi connectivity index (χ1v) is 12.6. The van der Waals surface area contributed by atoms with E-state index >= 15 is 0 Å². The number of hydrogen-bond donors (Lipinski definition) is 0. The summed E-state index contributed by atoms with van der Waals surface area (Å²) in [6, 6.07) is 19.7. The molecule has 0 unspecified atom stereocenters. The lowest BCUT2D eigenvalue weighted by Crippen LogP contribution is -2.47. The summed E-state index contributed by atoms with van der Waals surface area (Å²) in [5.74, 6) is 0.698. The number of anilines is 1. The molecule has 1 saturated heterocycles. The molecule has 1 aliphatic rings. The largest absolute Gasteiger partial charge is 0.353 e. The van der Waals surface area contributed by atoms with Gasteiger partial charge in [-0.15, -0.1) is 10.2 Å². The molecular weight excluding hydrogens is 450 g/mol. The summed E-state index contributed by atoms with van der Waals surface area (Å²) in [5.41, 5.74) is 4.66. The number of carbonyl (C=O) groups excluding carboxylic acids is 2. The zero-order valence-corrected chi connectivity index (χ0v) is 21.6. The van der Waals surface area contributed by atoms with Crippen molar-refractivity contribution in [3.8, 4) is 11.3 Å². The number of carbonyl (C=O) groups is 2. The highest BCUT2D eigenvalue weighted by Gasteiger charge is 2.26. The highest BCUT2D eigenvalue weighted by molar-refractivity contribution is 5.97. The van der Waals surface area contributed by atoms with Gasteiger partial charge in [0.2, 0.25) is 5.91 Å². The molecule has 188 valence electrons. The minimum Gasteiger partial charge on any atom is -0.353 e. The Kier molecular flexibility index (Phi) is 7.98. The average Bonchev–Trinajstić information content (AvgIpc) is 3.14. The predicted octanol–water partition coefficient (Wildman–Crippen LogP) is 4.35. The van der Waals surface area contributed by atoms with Crippen LogP contribution in [0.25, 0.3) is 11.3 Å². The first kappa shape index (κ1) is 25.4. The van der Waals surface area contributed by atoms with Crippen LogP contribution in [0.5, 0.6) is 0 Å². The second kappa shape index (κ2) is 11.3. The highest BCUT2D eigenvalue weighted by Crippen LogP contribution is 2.20. The molecule has 0 radical (unpaired) electrons. The van der Waals surface area contributed by atoms with E-state index in [2.05, 4.69) is 46.3 Å². The second-order valence-corrected chi connectivity index (χ2v) is 9.71. The van der Waals surface area contributed by atoms with Gasteiger partial charge in [-0.3, -0.25) is 9.59 Å². The molecule has 1 aliphatic heterocycles. The smallest absolute Gasteiger partial charge is 0.254 e. The van der Waals surface area contributed by atoms with Crippen LogP contribution in [-0.4, -0.2) is 70.6 Å². The molecule has 2 aromatic carbocycles. The molecule has 0 saturated carbocycles. The summed E-state index contributed by atoms with van der Waals surface area (Å²) in [5, 5.41) is 8.91. The molecule has 0 atom stereocenters. The number of benzene rings is 2. The van der Waals surface area contributed by atoms with Crippen LogP contribution in [0.4, 0.5) is 5.82 Å². The van der Waals surface area contributed by atoms with Gasteiger partial charge in [-0.25, -0.2) is 0 Å². The van der Waals surface area contributed by atoms with E-state index in [1.54, 1.807) is 4.90 Å². The molecule has 36 heavy (non-hydrogen) atoms. The molecule has 0 bridgehead atoms.